The van der Waals surface area contributed by atoms with Crippen molar-refractivity contribution in [3.05, 3.63) is 53.9 Å². The Hall–Kier alpha value is -2.36. The van der Waals surface area contributed by atoms with Gasteiger partial charge in [0, 0.05) is 30.3 Å². The molecule has 0 saturated carbocycles. The third-order valence-corrected chi connectivity index (χ3v) is 3.16. The minimum Gasteiger partial charge on any atom is -0.399 e. The maximum atomic E-state index is 12.4. The average molecular weight is 239 g/mol. The topological polar surface area (TPSA) is 59.2 Å². The van der Waals surface area contributed by atoms with Crippen molar-refractivity contribution in [2.45, 2.75) is 6.42 Å². The molecule has 1 aliphatic heterocycles. The summed E-state index contributed by atoms with van der Waals surface area (Å²) < 4.78 is 0. The molecule has 2 N–H and O–H groups in total. The number of anilines is 2. The second-order valence-corrected chi connectivity index (χ2v) is 4.34. The molecule has 0 saturated heterocycles. The minimum atomic E-state index is -0.0209. The molecule has 1 amide bonds. The number of hydrogen-bond donors (Lipinski definition) is 1. The Balaban J connectivity index is 1.97. The highest BCUT2D eigenvalue weighted by molar-refractivity contribution is 6.07. The lowest BCUT2D eigenvalue weighted by atomic mass is 10.1. The second kappa shape index (κ2) is 4.14. The van der Waals surface area contributed by atoms with Crippen LogP contribution < -0.4 is 10.6 Å². The van der Waals surface area contributed by atoms with Gasteiger partial charge in [-0.1, -0.05) is 6.07 Å². The molecule has 2 heterocycles. The second-order valence-electron chi connectivity index (χ2n) is 4.34. The van der Waals surface area contributed by atoms with Gasteiger partial charge in [-0.2, -0.15) is 0 Å². The van der Waals surface area contributed by atoms with E-state index in [1.165, 1.54) is 5.56 Å². The zero-order valence-corrected chi connectivity index (χ0v) is 9.84. The molecule has 0 radical (unpaired) electrons. The molecule has 3 rings (SSSR count). The van der Waals surface area contributed by atoms with Crippen LogP contribution in [-0.4, -0.2) is 17.4 Å². The molecule has 0 fully saturated rings. The van der Waals surface area contributed by atoms with Crippen molar-refractivity contribution in [1.82, 2.24) is 4.98 Å². The van der Waals surface area contributed by atoms with Crippen molar-refractivity contribution in [2.75, 3.05) is 17.2 Å². The van der Waals surface area contributed by atoms with Gasteiger partial charge in [0.1, 0.15) is 0 Å². The van der Waals surface area contributed by atoms with Crippen molar-refractivity contribution in [2.24, 2.45) is 0 Å². The first kappa shape index (κ1) is 10.8. The zero-order chi connectivity index (χ0) is 12.5. The number of hydrogen-bond acceptors (Lipinski definition) is 3. The van der Waals surface area contributed by atoms with Gasteiger partial charge in [-0.3, -0.25) is 9.78 Å². The molecule has 1 aliphatic rings. The molecule has 18 heavy (non-hydrogen) atoms. The fourth-order valence-electron chi connectivity index (χ4n) is 2.25. The summed E-state index contributed by atoms with van der Waals surface area (Å²) in [6.07, 6.45) is 4.13. The average Bonchev–Trinajstić information content (AvgIpc) is 2.82. The fourth-order valence-corrected chi connectivity index (χ4v) is 2.25. The van der Waals surface area contributed by atoms with E-state index >= 15 is 0 Å². The highest BCUT2D eigenvalue weighted by Crippen LogP contribution is 2.30. The monoisotopic (exact) mass is 239 g/mol. The van der Waals surface area contributed by atoms with Crippen molar-refractivity contribution >= 4 is 17.3 Å². The normalized spacial score (nSPS) is 13.4. The lowest BCUT2D eigenvalue weighted by Crippen LogP contribution is -2.28. The number of carbonyl (C=O) groups is 1. The summed E-state index contributed by atoms with van der Waals surface area (Å²) >= 11 is 0. The van der Waals surface area contributed by atoms with Gasteiger partial charge in [-0.05, 0) is 36.2 Å². The summed E-state index contributed by atoms with van der Waals surface area (Å²) in [6.45, 7) is 0.701. The first-order valence-electron chi connectivity index (χ1n) is 5.86. The molecule has 4 nitrogen and oxygen atoms in total. The lowest BCUT2D eigenvalue weighted by molar-refractivity contribution is 0.0989. The van der Waals surface area contributed by atoms with E-state index in [0.29, 0.717) is 17.8 Å². The molecule has 0 aliphatic carbocycles. The maximum Gasteiger partial charge on any atom is 0.259 e. The van der Waals surface area contributed by atoms with Gasteiger partial charge in [0.15, 0.2) is 0 Å². The third-order valence-electron chi connectivity index (χ3n) is 3.16. The minimum absolute atomic E-state index is 0.0209. The molecule has 0 spiro atoms. The Morgan fingerprint density at radius 2 is 2.22 bits per heavy atom. The first-order chi connectivity index (χ1) is 8.75. The highest BCUT2D eigenvalue weighted by Gasteiger charge is 2.25. The van der Waals surface area contributed by atoms with Crippen LogP contribution in [0.15, 0.2) is 42.7 Å². The molecule has 1 aromatic carbocycles. The Morgan fingerprint density at radius 3 is 3.00 bits per heavy atom. The predicted molar refractivity (Wildman–Crippen MR) is 70.5 cm³/mol. The number of fused-ring (bicyclic) bond motifs is 1. The SMILES string of the molecule is Nc1ccc2c(c1)N(C(=O)c1cccnc1)CC2. The molecule has 0 unspecified atom stereocenters. The van der Waals surface area contributed by atoms with E-state index in [1.807, 2.05) is 18.2 Å². The van der Waals surface area contributed by atoms with Crippen LogP contribution in [-0.2, 0) is 6.42 Å². The van der Waals surface area contributed by atoms with Gasteiger partial charge in [0.25, 0.3) is 5.91 Å². The van der Waals surface area contributed by atoms with E-state index < -0.39 is 0 Å². The number of aromatic nitrogens is 1. The van der Waals surface area contributed by atoms with Crippen molar-refractivity contribution in [1.29, 1.82) is 0 Å². The van der Waals surface area contributed by atoms with E-state index in [0.717, 1.165) is 12.1 Å². The van der Waals surface area contributed by atoms with Crippen molar-refractivity contribution in [3.63, 3.8) is 0 Å². The summed E-state index contributed by atoms with van der Waals surface area (Å²) in [4.78, 5) is 18.1. The van der Waals surface area contributed by atoms with Gasteiger partial charge >= 0.3 is 0 Å². The van der Waals surface area contributed by atoms with Crippen LogP contribution in [0.4, 0.5) is 11.4 Å². The number of nitrogens with zero attached hydrogens (tertiary/aromatic N) is 2. The molecule has 90 valence electrons. The Labute approximate surface area is 105 Å². The molecular formula is C14H13N3O. The third kappa shape index (κ3) is 1.72. The molecule has 1 aromatic heterocycles. The summed E-state index contributed by atoms with van der Waals surface area (Å²) in [5.41, 5.74) is 9.15. The van der Waals surface area contributed by atoms with E-state index in [2.05, 4.69) is 4.98 Å². The summed E-state index contributed by atoms with van der Waals surface area (Å²) in [7, 11) is 0. The van der Waals surface area contributed by atoms with Gasteiger partial charge in [0.05, 0.1) is 5.56 Å². The number of pyridine rings is 1. The molecule has 0 atom stereocenters. The summed E-state index contributed by atoms with van der Waals surface area (Å²) in [5, 5.41) is 0. The van der Waals surface area contributed by atoms with Crippen LogP contribution in [0.2, 0.25) is 0 Å². The van der Waals surface area contributed by atoms with E-state index in [9.17, 15) is 4.79 Å². The van der Waals surface area contributed by atoms with Crippen molar-refractivity contribution in [3.8, 4) is 0 Å². The van der Waals surface area contributed by atoms with Crippen molar-refractivity contribution < 1.29 is 4.79 Å². The largest absolute Gasteiger partial charge is 0.399 e. The van der Waals surface area contributed by atoms with Crippen LogP contribution in [0.1, 0.15) is 15.9 Å². The highest BCUT2D eigenvalue weighted by atomic mass is 16.2. The molecular weight excluding hydrogens is 226 g/mol. The number of carbonyl (C=O) groups excluding carboxylic acids is 1. The number of nitrogen functional groups attached to an aromatic ring is 1. The standard InChI is InChI=1S/C14H13N3O/c15-12-4-3-10-5-7-17(13(10)8-12)14(18)11-2-1-6-16-9-11/h1-4,6,8-9H,5,7,15H2. The summed E-state index contributed by atoms with van der Waals surface area (Å²) in [6, 6.07) is 9.26. The lowest BCUT2D eigenvalue weighted by Gasteiger charge is -2.17. The number of benzene rings is 1. The van der Waals surface area contributed by atoms with E-state index in [4.69, 9.17) is 5.73 Å². The van der Waals surface area contributed by atoms with Gasteiger partial charge in [-0.25, -0.2) is 0 Å². The Morgan fingerprint density at radius 1 is 1.33 bits per heavy atom. The number of nitrogens with two attached hydrogens (primary N) is 1. The summed E-state index contributed by atoms with van der Waals surface area (Å²) in [5.74, 6) is -0.0209. The van der Waals surface area contributed by atoms with E-state index in [1.54, 1.807) is 29.4 Å². The predicted octanol–water partition coefficient (Wildman–Crippen LogP) is 1.87. The van der Waals surface area contributed by atoms with Crippen LogP contribution >= 0.6 is 0 Å². The zero-order valence-electron chi connectivity index (χ0n) is 9.84. The first-order valence-corrected chi connectivity index (χ1v) is 5.86. The number of amides is 1. The van der Waals surface area contributed by atoms with E-state index in [-0.39, 0.29) is 5.91 Å². The molecule has 0 bridgehead atoms. The quantitative estimate of drug-likeness (QED) is 0.773. The van der Waals surface area contributed by atoms with Gasteiger partial charge < -0.3 is 10.6 Å². The maximum absolute atomic E-state index is 12.4. The Bertz CT molecular complexity index is 595. The smallest absolute Gasteiger partial charge is 0.259 e. The van der Waals surface area contributed by atoms with Crippen LogP contribution in [0.5, 0.6) is 0 Å². The molecule has 4 heteroatoms. The van der Waals surface area contributed by atoms with Gasteiger partial charge in [0.2, 0.25) is 0 Å². The van der Waals surface area contributed by atoms with Crippen LogP contribution in [0, 0.1) is 0 Å². The number of rotatable bonds is 1. The fraction of sp³-hybridized carbons (Fsp3) is 0.143. The Kier molecular flexibility index (Phi) is 2.48. The van der Waals surface area contributed by atoms with Gasteiger partial charge in [-0.15, -0.1) is 0 Å². The van der Waals surface area contributed by atoms with Crippen LogP contribution in [0.25, 0.3) is 0 Å². The van der Waals surface area contributed by atoms with Crippen LogP contribution in [0.3, 0.4) is 0 Å². The molecule has 2 aromatic rings.